The molecule has 0 bridgehead atoms. The lowest BCUT2D eigenvalue weighted by molar-refractivity contribution is -0.339. The third-order valence-electron chi connectivity index (χ3n) is 5.81. The Morgan fingerprint density at radius 1 is 1.09 bits per heavy atom. The number of fused-ring (bicyclic) bond motifs is 1. The topological polar surface area (TPSA) is 92.3 Å². The molecule has 1 amide bonds. The average Bonchev–Trinajstić information content (AvgIpc) is 3.17. The van der Waals surface area contributed by atoms with Crippen LogP contribution in [0.5, 0.6) is 0 Å². The van der Waals surface area contributed by atoms with Gasteiger partial charge >= 0.3 is 18.0 Å². The number of carbonyl (C=O) groups is 1. The molecule has 1 saturated carbocycles. The van der Waals surface area contributed by atoms with E-state index in [-0.39, 0.29) is 5.69 Å². The van der Waals surface area contributed by atoms with Crippen LogP contribution >= 0.6 is 0 Å². The smallest absolute Gasteiger partial charge is 0.355 e. The number of sulfone groups is 1. The number of anilines is 2. The highest BCUT2D eigenvalue weighted by atomic mass is 32.2. The van der Waals surface area contributed by atoms with E-state index in [1.54, 1.807) is 0 Å². The molecule has 2 aromatic heterocycles. The van der Waals surface area contributed by atoms with Crippen LogP contribution < -0.4 is 10.2 Å². The van der Waals surface area contributed by atoms with Gasteiger partial charge in [0.15, 0.2) is 14.9 Å². The van der Waals surface area contributed by atoms with Crippen molar-refractivity contribution in [3.63, 3.8) is 0 Å². The van der Waals surface area contributed by atoms with Crippen molar-refractivity contribution in [3.8, 4) is 0 Å². The van der Waals surface area contributed by atoms with Gasteiger partial charge in [-0.25, -0.2) is 18.4 Å². The summed E-state index contributed by atoms with van der Waals surface area (Å²) in [4.78, 5) is 21.0. The number of aromatic nitrogens is 2. The van der Waals surface area contributed by atoms with E-state index in [9.17, 15) is 43.9 Å². The van der Waals surface area contributed by atoms with E-state index in [2.05, 4.69) is 15.3 Å². The van der Waals surface area contributed by atoms with Gasteiger partial charge in [-0.2, -0.15) is 30.7 Å². The second-order valence-corrected chi connectivity index (χ2v) is 10.0. The monoisotopic (exact) mass is 512 g/mol. The average molecular weight is 512 g/mol. The highest BCUT2D eigenvalue weighted by molar-refractivity contribution is 7.90. The molecule has 2 aliphatic rings. The molecule has 3 heterocycles. The maximum Gasteiger partial charge on any atom is 0.417 e. The number of amides is 1. The highest BCUT2D eigenvalue weighted by Gasteiger charge is 2.80. The van der Waals surface area contributed by atoms with Crippen LogP contribution in [0.1, 0.15) is 15.9 Å². The predicted molar refractivity (Wildman–Crippen MR) is 104 cm³/mol. The quantitative estimate of drug-likeness (QED) is 0.631. The lowest BCUT2D eigenvalue weighted by Crippen LogP contribution is -2.65. The molecule has 184 valence electrons. The number of hydrogen-bond acceptors (Lipinski definition) is 6. The number of halogens is 7. The van der Waals surface area contributed by atoms with Gasteiger partial charge in [0.05, 0.1) is 23.0 Å². The van der Waals surface area contributed by atoms with Crippen molar-refractivity contribution >= 4 is 27.2 Å². The van der Waals surface area contributed by atoms with Crippen molar-refractivity contribution in [2.75, 3.05) is 29.6 Å². The molecule has 2 atom stereocenters. The maximum atomic E-state index is 13.8. The van der Waals surface area contributed by atoms with Crippen LogP contribution in [0, 0.1) is 11.8 Å². The van der Waals surface area contributed by atoms with Gasteiger partial charge in [-0.1, -0.05) is 0 Å². The molecule has 7 nitrogen and oxygen atoms in total. The van der Waals surface area contributed by atoms with Gasteiger partial charge in [-0.05, 0) is 18.2 Å². The molecule has 0 radical (unpaired) electrons. The fourth-order valence-electron chi connectivity index (χ4n) is 4.03. The van der Waals surface area contributed by atoms with Crippen molar-refractivity contribution in [2.45, 2.75) is 23.0 Å². The number of nitrogens with one attached hydrogen (secondary N) is 1. The Bertz CT molecular complexity index is 1240. The van der Waals surface area contributed by atoms with E-state index in [1.807, 2.05) is 0 Å². The van der Waals surface area contributed by atoms with Crippen LogP contribution in [0.3, 0.4) is 0 Å². The number of nitrogens with zero attached hydrogens (tertiary/aromatic N) is 3. The molecule has 1 aliphatic heterocycles. The summed E-state index contributed by atoms with van der Waals surface area (Å²) in [7, 11) is -3.77. The Morgan fingerprint density at radius 3 is 2.21 bits per heavy atom. The molecule has 15 heteroatoms. The van der Waals surface area contributed by atoms with E-state index >= 15 is 0 Å². The van der Waals surface area contributed by atoms with Crippen LogP contribution in [-0.4, -0.2) is 55.5 Å². The summed E-state index contributed by atoms with van der Waals surface area (Å²) in [6, 6.07) is 2.56. The molecule has 1 saturated heterocycles. The van der Waals surface area contributed by atoms with Crippen molar-refractivity contribution in [1.82, 2.24) is 9.97 Å². The Kier molecular flexibility index (Phi) is 5.34. The first kappa shape index (κ1) is 24.2. The van der Waals surface area contributed by atoms with E-state index in [0.717, 1.165) is 23.4 Å². The number of rotatable bonds is 4. The Labute approximate surface area is 187 Å². The number of pyridine rings is 2. The molecule has 2 aromatic rings. The largest absolute Gasteiger partial charge is 0.417 e. The van der Waals surface area contributed by atoms with Gasteiger partial charge in [-0.3, -0.25) is 4.79 Å². The molecule has 4 rings (SSSR count). The second kappa shape index (κ2) is 7.52. The predicted octanol–water partition coefficient (Wildman–Crippen LogP) is 3.49. The molecule has 1 aliphatic carbocycles. The minimum absolute atomic E-state index is 0.136. The molecular weight excluding hydrogens is 497 g/mol. The number of alkyl halides is 7. The van der Waals surface area contributed by atoms with Gasteiger partial charge in [0.1, 0.15) is 5.82 Å². The zero-order valence-electron chi connectivity index (χ0n) is 17.1. The minimum Gasteiger partial charge on any atom is -0.355 e. The lowest BCUT2D eigenvalue weighted by atomic mass is 9.68. The van der Waals surface area contributed by atoms with Gasteiger partial charge in [0.25, 0.3) is 5.91 Å². The molecular formula is C19H15F7N4O3S. The number of hydrogen-bond donors (Lipinski definition) is 1. The molecule has 1 N–H and O–H groups in total. The Hall–Kier alpha value is -2.97. The summed E-state index contributed by atoms with van der Waals surface area (Å²) >= 11 is 0. The van der Waals surface area contributed by atoms with Gasteiger partial charge < -0.3 is 10.2 Å². The van der Waals surface area contributed by atoms with E-state index in [1.165, 1.54) is 6.07 Å². The third-order valence-corrected chi connectivity index (χ3v) is 6.79. The van der Waals surface area contributed by atoms with E-state index in [0.29, 0.717) is 12.3 Å². The molecule has 0 aromatic carbocycles. The summed E-state index contributed by atoms with van der Waals surface area (Å²) in [5.74, 6) is -13.7. The second-order valence-electron chi connectivity index (χ2n) is 8.07. The first-order chi connectivity index (χ1) is 15.5. The Balaban J connectivity index is 1.70. The zero-order valence-corrected chi connectivity index (χ0v) is 17.9. The SMILES string of the molecule is CS(=O)(=O)c1cc(NC(=O)c2cc(C(F)(F)F)cnc2N2CC3C(C2)C(F)(F)C3(F)F)ccn1. The van der Waals surface area contributed by atoms with Gasteiger partial charge in [0, 0.05) is 37.4 Å². The minimum atomic E-state index is -4.91. The molecule has 0 spiro atoms. The van der Waals surface area contributed by atoms with Crippen LogP contribution in [0.25, 0.3) is 0 Å². The third kappa shape index (κ3) is 3.84. The summed E-state index contributed by atoms with van der Waals surface area (Å²) in [5.41, 5.74) is -2.17. The van der Waals surface area contributed by atoms with Crippen LogP contribution in [0.2, 0.25) is 0 Å². The first-order valence-corrected chi connectivity index (χ1v) is 11.5. The molecule has 2 fully saturated rings. The van der Waals surface area contributed by atoms with E-state index < -0.39 is 80.7 Å². The highest BCUT2D eigenvalue weighted by Crippen LogP contribution is 2.62. The van der Waals surface area contributed by atoms with Gasteiger partial charge in [0.2, 0.25) is 0 Å². The normalized spacial score (nSPS) is 23.2. The fraction of sp³-hybridized carbons (Fsp3) is 0.421. The van der Waals surface area contributed by atoms with Crippen molar-refractivity contribution in [3.05, 3.63) is 41.7 Å². The molecule has 2 unspecified atom stereocenters. The van der Waals surface area contributed by atoms with Crippen molar-refractivity contribution in [1.29, 1.82) is 0 Å². The first-order valence-electron chi connectivity index (χ1n) is 9.58. The summed E-state index contributed by atoms with van der Waals surface area (Å²) in [6.07, 6.45) is -2.65. The standard InChI is InChI=1S/C19H15F7N4O3S/c1-34(32,33)14-5-10(2-3-27-14)29-16(31)11-4-9(19(24,25)26)6-28-15(11)30-7-12-13(8-30)18(22,23)17(12,20)21/h2-6,12-13H,7-8H2,1H3,(H,27,29,31). The van der Waals surface area contributed by atoms with Crippen molar-refractivity contribution in [2.24, 2.45) is 11.8 Å². The van der Waals surface area contributed by atoms with Gasteiger partial charge in [-0.15, -0.1) is 0 Å². The van der Waals surface area contributed by atoms with Crippen molar-refractivity contribution < 1.29 is 43.9 Å². The summed E-state index contributed by atoms with van der Waals surface area (Å²) < 4.78 is 118. The Morgan fingerprint density at radius 2 is 1.68 bits per heavy atom. The summed E-state index contributed by atoms with van der Waals surface area (Å²) in [5, 5.41) is 1.79. The van der Waals surface area contributed by atoms with E-state index in [4.69, 9.17) is 0 Å². The number of carbonyl (C=O) groups excluding carboxylic acids is 1. The fourth-order valence-corrected chi connectivity index (χ4v) is 4.62. The van der Waals surface area contributed by atoms with Crippen LogP contribution in [0.15, 0.2) is 35.6 Å². The van der Waals surface area contributed by atoms with Crippen LogP contribution in [0.4, 0.5) is 42.2 Å². The lowest BCUT2D eigenvalue weighted by Gasteiger charge is -2.46. The maximum absolute atomic E-state index is 13.8. The summed E-state index contributed by atoms with van der Waals surface area (Å²) in [6.45, 7) is -1.28. The van der Waals surface area contributed by atoms with Crippen LogP contribution in [-0.2, 0) is 16.0 Å². The molecule has 34 heavy (non-hydrogen) atoms. The zero-order chi connectivity index (χ0) is 25.3.